The van der Waals surface area contributed by atoms with Gasteiger partial charge in [-0.25, -0.2) is 14.0 Å². The summed E-state index contributed by atoms with van der Waals surface area (Å²) in [6, 6.07) is -1.40. The Hall–Kier alpha value is -1.24. The molecule has 0 saturated carbocycles. The van der Waals surface area contributed by atoms with Gasteiger partial charge in [-0.3, -0.25) is 14.4 Å². The molecule has 13 nitrogen and oxygen atoms in total. The molecule has 0 aromatic rings. The number of nitrogens with zero attached hydrogens (tertiary/aromatic N) is 1. The van der Waals surface area contributed by atoms with Crippen molar-refractivity contribution in [1.82, 2.24) is 10.2 Å². The summed E-state index contributed by atoms with van der Waals surface area (Å²) in [5.74, 6) is -7.13. The number of aliphatic hydroxyl groups excluding tert-OH is 1. The zero-order valence-corrected chi connectivity index (χ0v) is 34.1. The van der Waals surface area contributed by atoms with E-state index in [1.165, 1.54) is 20.8 Å². The van der Waals surface area contributed by atoms with Gasteiger partial charge in [-0.2, -0.15) is 0 Å². The number of esters is 2. The third-order valence-electron chi connectivity index (χ3n) is 9.86. The number of halogens is 1. The number of hydrogen-bond acceptors (Lipinski definition) is 12. The van der Waals surface area contributed by atoms with Crippen LogP contribution >= 0.6 is 0 Å². The molecule has 2 N–H and O–H groups in total. The normalized spacial score (nSPS) is 43.5. The van der Waals surface area contributed by atoms with E-state index < -0.39 is 101 Å². The van der Waals surface area contributed by atoms with Crippen molar-refractivity contribution in [3.8, 4) is 0 Å². The largest absolute Gasteiger partial charge is 0.457 e. The van der Waals surface area contributed by atoms with Crippen LogP contribution in [0.1, 0.15) is 81.6 Å². The van der Waals surface area contributed by atoms with E-state index in [1.807, 2.05) is 0 Å². The van der Waals surface area contributed by atoms with Gasteiger partial charge in [0.2, 0.25) is 0 Å². The molecule has 3 saturated heterocycles. The minimum Gasteiger partial charge on any atom is -0.457 e. The van der Waals surface area contributed by atoms with E-state index in [0.29, 0.717) is 6.42 Å². The number of aliphatic hydroxyl groups is 1. The Morgan fingerprint density at radius 1 is 1.09 bits per heavy atom. The van der Waals surface area contributed by atoms with Crippen LogP contribution in [0.4, 0.5) is 9.18 Å². The van der Waals surface area contributed by atoms with E-state index in [-0.39, 0.29) is 62.7 Å². The van der Waals surface area contributed by atoms with Gasteiger partial charge < -0.3 is 39.0 Å². The number of carbonyl (C=O) groups is 5. The first kappa shape index (κ1) is 41.9. The zero-order chi connectivity index (χ0) is 35.1. The van der Waals surface area contributed by atoms with Crippen LogP contribution in [0.3, 0.4) is 0 Å². The molecular weight excluding hydrogens is 834 g/mol. The number of likely N-dealkylation sites (N-methyl/N-ethyl adjacent to an activating group) is 1. The van der Waals surface area contributed by atoms with E-state index in [2.05, 4.69) is 5.32 Å². The van der Waals surface area contributed by atoms with Crippen molar-refractivity contribution in [3.05, 3.63) is 0 Å². The molecular formula is C32H51AcFN2O11. The van der Waals surface area contributed by atoms with Crippen molar-refractivity contribution in [1.29, 1.82) is 0 Å². The summed E-state index contributed by atoms with van der Waals surface area (Å²) in [5, 5.41) is 13.9. The first-order valence-corrected chi connectivity index (χ1v) is 15.9. The first-order valence-electron chi connectivity index (χ1n) is 15.9. The molecule has 3 rings (SSSR count). The van der Waals surface area contributed by atoms with Gasteiger partial charge >= 0.3 is 18.0 Å². The molecule has 1 radical (unpaired) electrons. The number of cyclic esters (lactones) is 1. The number of ether oxygens (including phenoxy) is 5. The number of carbonyl (C=O) groups excluding carboxylic acids is 5. The maximum atomic E-state index is 16.5. The second-order valence-electron chi connectivity index (χ2n) is 14.0. The van der Waals surface area contributed by atoms with Crippen LogP contribution in [-0.4, -0.2) is 113 Å². The number of amides is 1. The van der Waals surface area contributed by atoms with Crippen molar-refractivity contribution >= 4 is 29.6 Å². The second kappa shape index (κ2) is 15.8. The van der Waals surface area contributed by atoms with Gasteiger partial charge in [0.25, 0.3) is 5.67 Å². The summed E-state index contributed by atoms with van der Waals surface area (Å²) >= 11 is 0. The molecule has 3 fully saturated rings. The molecule has 3 aliphatic heterocycles. The Balaban J connectivity index is 0.00000768. The Bertz CT molecular complexity index is 1200. The Morgan fingerprint density at radius 3 is 2.21 bits per heavy atom. The summed E-state index contributed by atoms with van der Waals surface area (Å²) in [6.07, 6.45) is -6.19. The number of rotatable bonds is 5. The molecule has 1 amide bonds. The first-order chi connectivity index (χ1) is 21.1. The maximum absolute atomic E-state index is 16.5. The summed E-state index contributed by atoms with van der Waals surface area (Å²) in [4.78, 5) is 68.3. The molecule has 0 aliphatic carbocycles. The maximum Gasteiger partial charge on any atom is 0.408 e. The average Bonchev–Trinajstić information content (AvgIpc) is 3.27. The minimum atomic E-state index is -3.23. The van der Waals surface area contributed by atoms with Crippen molar-refractivity contribution in [2.75, 3.05) is 14.1 Å². The molecule has 0 aromatic heterocycles. The monoisotopic (exact) mass is 885 g/mol. The van der Waals surface area contributed by atoms with Gasteiger partial charge in [0.1, 0.15) is 29.7 Å². The fraction of sp³-hybridized carbons (Fsp3) is 0.844. The van der Waals surface area contributed by atoms with Gasteiger partial charge in [0.05, 0.1) is 12.1 Å². The molecule has 13 atom stereocenters. The Morgan fingerprint density at radius 2 is 1.68 bits per heavy atom. The number of fused-ring (bicyclic) bond motifs is 1. The number of alkyl halides is 1. The van der Waals surface area contributed by atoms with Gasteiger partial charge in [0, 0.05) is 74.8 Å². The predicted octanol–water partition coefficient (Wildman–Crippen LogP) is 2.49. The van der Waals surface area contributed by atoms with E-state index >= 15 is 4.39 Å². The fourth-order valence-corrected chi connectivity index (χ4v) is 7.42. The van der Waals surface area contributed by atoms with Gasteiger partial charge in [-0.1, -0.05) is 27.7 Å². The minimum absolute atomic E-state index is 0. The Kier molecular flexibility index (Phi) is 14.1. The van der Waals surface area contributed by atoms with Crippen LogP contribution in [0.2, 0.25) is 0 Å². The summed E-state index contributed by atoms with van der Waals surface area (Å²) < 4.78 is 45.7. The zero-order valence-electron chi connectivity index (χ0n) is 29.3. The summed E-state index contributed by atoms with van der Waals surface area (Å²) in [6.45, 7) is 12.8. The third-order valence-corrected chi connectivity index (χ3v) is 9.86. The quantitative estimate of drug-likeness (QED) is 0.236. The van der Waals surface area contributed by atoms with Crippen LogP contribution in [0.5, 0.6) is 0 Å². The summed E-state index contributed by atoms with van der Waals surface area (Å²) in [5.41, 5.74) is -6.58. The van der Waals surface area contributed by atoms with Crippen molar-refractivity contribution in [3.63, 3.8) is 0 Å². The Labute approximate surface area is 312 Å². The molecule has 15 heteroatoms. The van der Waals surface area contributed by atoms with E-state index in [1.54, 1.807) is 46.7 Å². The molecule has 0 spiro atoms. The fourth-order valence-electron chi connectivity index (χ4n) is 7.42. The van der Waals surface area contributed by atoms with Gasteiger partial charge in [0.15, 0.2) is 17.7 Å². The molecule has 0 aromatic carbocycles. The second-order valence-corrected chi connectivity index (χ2v) is 14.0. The standard InChI is InChI=1S/C32H51FN2O11.Ac/c1-12-21-32(9)24(34-29(41)46-32)17(4)22(37)15(2)14-30(7,45-19(6)36)26(18(5)25(39)31(8,33)28(40)43-21)44-27-23(38)20(35(10)11)13-16(3)42-27;/h15-18,20-21,23-24,26-27,38H,12-14H2,1-11H3,(H,34,41);/t15-,16-,17+,18+,20+,21-,23-,24-,26-,27+,30-,31?,32-;/m1./s1. The van der Waals surface area contributed by atoms with Crippen molar-refractivity contribution in [2.24, 2.45) is 17.8 Å². The van der Waals surface area contributed by atoms with Gasteiger partial charge in [-0.15, -0.1) is 0 Å². The number of hydrogen-bond donors (Lipinski definition) is 2. The molecule has 47 heavy (non-hydrogen) atoms. The van der Waals surface area contributed by atoms with Crippen LogP contribution < -0.4 is 5.32 Å². The molecule has 0 bridgehead atoms. The van der Waals surface area contributed by atoms with Crippen molar-refractivity contribution < 1.29 is 101 Å². The number of alkyl carbamates (subject to hydrolysis) is 1. The number of ketones is 2. The number of nitrogens with one attached hydrogen (secondary N) is 1. The summed E-state index contributed by atoms with van der Waals surface area (Å²) in [7, 11) is 3.56. The van der Waals surface area contributed by atoms with Crippen LogP contribution in [-0.2, 0) is 42.9 Å². The third kappa shape index (κ3) is 8.56. The molecule has 3 heterocycles. The topological polar surface area (TPSA) is 167 Å². The van der Waals surface area contributed by atoms with Crippen molar-refractivity contribution in [2.45, 2.75) is 141 Å². The van der Waals surface area contributed by atoms with Crippen LogP contribution in [0, 0.1) is 61.8 Å². The van der Waals surface area contributed by atoms with Crippen LogP contribution in [0.25, 0.3) is 0 Å². The predicted molar refractivity (Wildman–Crippen MR) is 161 cm³/mol. The van der Waals surface area contributed by atoms with Crippen LogP contribution in [0.15, 0.2) is 0 Å². The number of Topliss-reactive ketones (excluding diaryl/α,β-unsaturated/α-hetero) is 2. The molecule has 1 unspecified atom stereocenters. The average molecular weight is 886 g/mol. The van der Waals surface area contributed by atoms with E-state index in [9.17, 15) is 29.1 Å². The van der Waals surface area contributed by atoms with E-state index in [4.69, 9.17) is 23.7 Å². The van der Waals surface area contributed by atoms with E-state index in [0.717, 1.165) is 13.8 Å². The SMILES string of the molecule is CC[C@H]1OC(=O)C(C)(F)C(=O)[C@H](C)[C@@H](O[C@@H]2O[C@H](C)C[C@H](N(C)C)[C@H]2O)[C@](C)(OC(C)=O)C[C@@H](C)C(=O)[C@H](C)[C@H]2NC(=O)O[C@@]21C.[Ac]. The molecule has 3 aliphatic rings. The molecule has 265 valence electrons. The van der Waals surface area contributed by atoms with Gasteiger partial charge in [-0.05, 0) is 61.1 Å². The smallest absolute Gasteiger partial charge is 0.408 e.